The summed E-state index contributed by atoms with van der Waals surface area (Å²) in [6.45, 7) is 2.88. The molecule has 206 valence electrons. The lowest BCUT2D eigenvalue weighted by molar-refractivity contribution is 0.0589. The molecule has 0 N–H and O–H groups in total. The van der Waals surface area contributed by atoms with Gasteiger partial charge in [0.2, 0.25) is 0 Å². The van der Waals surface area contributed by atoms with E-state index in [0.29, 0.717) is 34.7 Å². The van der Waals surface area contributed by atoms with Gasteiger partial charge in [-0.05, 0) is 85.8 Å². The number of fused-ring (bicyclic) bond motifs is 1. The van der Waals surface area contributed by atoms with E-state index in [-0.39, 0.29) is 11.9 Å². The van der Waals surface area contributed by atoms with Crippen LogP contribution in [0.25, 0.3) is 21.2 Å². The molecule has 1 aliphatic rings. The van der Waals surface area contributed by atoms with Gasteiger partial charge in [-0.15, -0.1) is 11.3 Å². The Labute approximate surface area is 249 Å². The number of carbonyl (C=O) groups excluding carboxylic acids is 1. The Balaban J connectivity index is 1.53. The van der Waals surface area contributed by atoms with E-state index in [0.717, 1.165) is 58.2 Å². The first kappa shape index (κ1) is 28.4. The average Bonchev–Trinajstić information content (AvgIpc) is 3.32. The molecule has 1 amide bonds. The van der Waals surface area contributed by atoms with E-state index < -0.39 is 0 Å². The number of hydrogen-bond donors (Lipinski definition) is 0. The number of nitriles is 1. The zero-order chi connectivity index (χ0) is 28.2. The molecule has 1 saturated carbocycles. The summed E-state index contributed by atoms with van der Waals surface area (Å²) in [5.41, 5.74) is 3.55. The molecule has 4 aromatic rings. The fourth-order valence-corrected chi connectivity index (χ4v) is 7.14. The smallest absolute Gasteiger partial charge is 0.266 e. The van der Waals surface area contributed by atoms with E-state index in [2.05, 4.69) is 12.1 Å². The van der Waals surface area contributed by atoms with E-state index in [1.54, 1.807) is 4.42 Å². The lowest BCUT2D eigenvalue weighted by Gasteiger charge is -2.38. The summed E-state index contributed by atoms with van der Waals surface area (Å²) in [5, 5.41) is 10.6. The highest BCUT2D eigenvalue weighted by Crippen LogP contribution is 2.38. The van der Waals surface area contributed by atoms with Crippen molar-refractivity contribution in [1.29, 1.82) is 5.26 Å². The second-order valence-electron chi connectivity index (χ2n) is 10.1. The zero-order valence-electron chi connectivity index (χ0n) is 22.6. The second kappa shape index (κ2) is 12.6. The molecule has 0 saturated heterocycles. The molecule has 0 bridgehead atoms. The molecule has 3 aromatic carbocycles. The van der Waals surface area contributed by atoms with Crippen LogP contribution in [0.5, 0.6) is 5.75 Å². The maximum atomic E-state index is 14.3. The van der Waals surface area contributed by atoms with Crippen LogP contribution in [0.2, 0.25) is 5.02 Å². The number of thiophene rings is 1. The number of ether oxygens (including phenoxy) is 1. The van der Waals surface area contributed by atoms with Crippen molar-refractivity contribution in [2.45, 2.75) is 51.2 Å². The first-order valence-corrected chi connectivity index (χ1v) is 15.1. The van der Waals surface area contributed by atoms with Crippen molar-refractivity contribution in [3.05, 3.63) is 87.8 Å². The summed E-state index contributed by atoms with van der Waals surface area (Å²) >= 11 is 14.5. The zero-order valence-corrected chi connectivity index (χ0v) is 24.9. The SMILES string of the molecule is CCOc1ccc(-c2ccc(C#N)cc2)cc1CN(C(=O)c1sc2ccccc2c1Cl)[C@H]1CC[C@H](N(C)Cl)CC1. The number of benzene rings is 3. The maximum absolute atomic E-state index is 14.3. The van der Waals surface area contributed by atoms with Crippen LogP contribution < -0.4 is 4.74 Å². The van der Waals surface area contributed by atoms with Gasteiger partial charge in [-0.1, -0.05) is 48.0 Å². The molecule has 1 fully saturated rings. The molecule has 0 spiro atoms. The van der Waals surface area contributed by atoms with Crippen molar-refractivity contribution in [2.24, 2.45) is 0 Å². The van der Waals surface area contributed by atoms with Crippen LogP contribution in [0, 0.1) is 11.3 Å². The second-order valence-corrected chi connectivity index (χ2v) is 12.1. The molecule has 1 aromatic heterocycles. The predicted molar refractivity (Wildman–Crippen MR) is 164 cm³/mol. The fourth-order valence-electron chi connectivity index (χ4n) is 5.47. The summed E-state index contributed by atoms with van der Waals surface area (Å²) < 4.78 is 8.79. The summed E-state index contributed by atoms with van der Waals surface area (Å²) in [4.78, 5) is 16.9. The first-order chi connectivity index (χ1) is 19.4. The molecule has 1 heterocycles. The van der Waals surface area contributed by atoms with Crippen LogP contribution in [0.15, 0.2) is 66.7 Å². The highest BCUT2D eigenvalue weighted by Gasteiger charge is 2.33. The van der Waals surface area contributed by atoms with Gasteiger partial charge in [-0.2, -0.15) is 5.26 Å². The van der Waals surface area contributed by atoms with Crippen LogP contribution >= 0.6 is 34.7 Å². The summed E-state index contributed by atoms with van der Waals surface area (Å²) in [7, 11) is 1.90. The van der Waals surface area contributed by atoms with Gasteiger partial charge in [0.25, 0.3) is 5.91 Å². The van der Waals surface area contributed by atoms with Crippen LogP contribution in [0.1, 0.15) is 53.4 Å². The quantitative estimate of drug-likeness (QED) is 0.193. The minimum atomic E-state index is -0.0555. The molecule has 0 unspecified atom stereocenters. The van der Waals surface area contributed by atoms with Crippen molar-refractivity contribution in [3.8, 4) is 22.9 Å². The third-order valence-corrected chi connectivity index (χ3v) is 9.59. The summed E-state index contributed by atoms with van der Waals surface area (Å²) in [5.74, 6) is 0.703. The lowest BCUT2D eigenvalue weighted by atomic mass is 9.89. The fraction of sp³-hybridized carbons (Fsp3) is 0.312. The molecular weight excluding hydrogens is 561 g/mol. The minimum absolute atomic E-state index is 0.0506. The standard InChI is InChI=1S/C32H31Cl2N3O2S/c1-3-39-28-17-12-23(22-10-8-21(19-35)9-11-22)18-24(28)20-37(26-15-13-25(14-16-26)36(2)34)32(38)31-30(33)27-6-4-5-7-29(27)40-31/h4-12,17-18,25-26H,3,13-16,20H2,1-2H3/t25-,26-. The van der Waals surface area contributed by atoms with Crippen LogP contribution in [0.4, 0.5) is 0 Å². The Bertz CT molecular complexity index is 1540. The molecule has 40 heavy (non-hydrogen) atoms. The van der Waals surface area contributed by atoms with Crippen molar-refractivity contribution in [1.82, 2.24) is 9.32 Å². The molecule has 8 heteroatoms. The van der Waals surface area contributed by atoms with Gasteiger partial charge in [0, 0.05) is 41.3 Å². The molecule has 1 aliphatic carbocycles. The largest absolute Gasteiger partial charge is 0.494 e. The van der Waals surface area contributed by atoms with Gasteiger partial charge in [-0.3, -0.25) is 4.79 Å². The monoisotopic (exact) mass is 591 g/mol. The van der Waals surface area contributed by atoms with Gasteiger partial charge in [0.15, 0.2) is 0 Å². The Morgan fingerprint density at radius 1 is 1.02 bits per heavy atom. The Kier molecular flexibility index (Phi) is 8.97. The van der Waals surface area contributed by atoms with Gasteiger partial charge in [0.05, 0.1) is 23.3 Å². The third kappa shape index (κ3) is 5.99. The molecular formula is C32H31Cl2N3O2S. The van der Waals surface area contributed by atoms with E-state index in [1.807, 2.05) is 79.5 Å². The number of carbonyl (C=O) groups is 1. The van der Waals surface area contributed by atoms with Crippen LogP contribution in [0.3, 0.4) is 0 Å². The van der Waals surface area contributed by atoms with Gasteiger partial charge in [0.1, 0.15) is 10.6 Å². The maximum Gasteiger partial charge on any atom is 0.266 e. The van der Waals surface area contributed by atoms with Crippen LogP contribution in [-0.4, -0.2) is 41.0 Å². The van der Waals surface area contributed by atoms with E-state index in [9.17, 15) is 10.1 Å². The van der Waals surface area contributed by atoms with E-state index >= 15 is 0 Å². The van der Waals surface area contributed by atoms with Crippen molar-refractivity contribution in [3.63, 3.8) is 0 Å². The first-order valence-electron chi connectivity index (χ1n) is 13.5. The number of hydrogen-bond acceptors (Lipinski definition) is 5. The van der Waals surface area contributed by atoms with Crippen molar-refractivity contribution < 1.29 is 9.53 Å². The van der Waals surface area contributed by atoms with Crippen molar-refractivity contribution >= 4 is 50.7 Å². The van der Waals surface area contributed by atoms with Gasteiger partial charge in [-0.25, -0.2) is 4.42 Å². The van der Waals surface area contributed by atoms with E-state index in [4.69, 9.17) is 28.1 Å². The Hall–Kier alpha value is -3.08. The Morgan fingerprint density at radius 3 is 2.35 bits per heavy atom. The Morgan fingerprint density at radius 2 is 1.70 bits per heavy atom. The third-order valence-electron chi connectivity index (χ3n) is 7.65. The topological polar surface area (TPSA) is 56.6 Å². The predicted octanol–water partition coefficient (Wildman–Crippen LogP) is 8.53. The molecule has 0 atom stereocenters. The molecule has 0 aliphatic heterocycles. The minimum Gasteiger partial charge on any atom is -0.494 e. The number of halogens is 2. The highest BCUT2D eigenvalue weighted by molar-refractivity contribution is 7.21. The number of nitrogens with zero attached hydrogens (tertiary/aromatic N) is 3. The van der Waals surface area contributed by atoms with Gasteiger partial charge >= 0.3 is 0 Å². The van der Waals surface area contributed by atoms with Crippen LogP contribution in [-0.2, 0) is 6.54 Å². The molecule has 5 nitrogen and oxygen atoms in total. The lowest BCUT2D eigenvalue weighted by Crippen LogP contribution is -2.44. The average molecular weight is 593 g/mol. The summed E-state index contributed by atoms with van der Waals surface area (Å²) in [6, 6.07) is 24.0. The number of rotatable bonds is 8. The van der Waals surface area contributed by atoms with Crippen molar-refractivity contribution in [2.75, 3.05) is 13.7 Å². The van der Waals surface area contributed by atoms with E-state index in [1.165, 1.54) is 11.3 Å². The summed E-state index contributed by atoms with van der Waals surface area (Å²) in [6.07, 6.45) is 3.54. The number of amides is 1. The van der Waals surface area contributed by atoms with Gasteiger partial charge < -0.3 is 9.64 Å². The normalized spacial score (nSPS) is 17.1. The highest BCUT2D eigenvalue weighted by atomic mass is 35.5. The molecule has 5 rings (SSSR count). The molecule has 0 radical (unpaired) electrons.